The molecule has 0 radical (unpaired) electrons. The fraction of sp³-hybridized carbons (Fsp3) is 0.208. The van der Waals surface area contributed by atoms with Crippen molar-refractivity contribution in [2.24, 2.45) is 5.41 Å². The molecule has 3 rings (SSSR count). The maximum atomic E-state index is 10.1. The highest BCUT2D eigenvalue weighted by Crippen LogP contribution is 2.34. The molecule has 0 saturated carbocycles. The Bertz CT molecular complexity index is 828. The van der Waals surface area contributed by atoms with E-state index in [0.29, 0.717) is 31.4 Å². The Kier molecular flexibility index (Phi) is 7.16. The lowest BCUT2D eigenvalue weighted by Crippen LogP contribution is -2.26. The molecule has 0 atom stereocenters. The zero-order valence-electron chi connectivity index (χ0n) is 15.5. The monoisotopic (exact) mass is 358 g/mol. The Balaban J connectivity index is 0.00000261. The van der Waals surface area contributed by atoms with Crippen LogP contribution in [0.1, 0.15) is 23.1 Å². The number of aryl methyl sites for hydroxylation is 1. The standard InChI is InChI=1S/C24H23NO.H3N/c25-19-24(17-20-9-3-1-4-10-20,18-21-11-5-2-6-12-21)16-15-22-13-7-8-14-23(22)26;/h1-14,26H,15-18H2;1H3. The molecule has 27 heavy (non-hydrogen) atoms. The largest absolute Gasteiger partial charge is 0.508 e. The highest BCUT2D eigenvalue weighted by Gasteiger charge is 2.31. The Hall–Kier alpha value is -3.09. The number of hydrogen-bond donors (Lipinski definition) is 2. The van der Waals surface area contributed by atoms with Gasteiger partial charge in [0.15, 0.2) is 0 Å². The van der Waals surface area contributed by atoms with Crippen LogP contribution in [0, 0.1) is 16.7 Å². The normalized spacial score (nSPS) is 10.6. The van der Waals surface area contributed by atoms with Crippen molar-refractivity contribution in [3.05, 3.63) is 102 Å². The molecular formula is C24H26N2O. The van der Waals surface area contributed by atoms with Gasteiger partial charge in [0.1, 0.15) is 5.75 Å². The van der Waals surface area contributed by atoms with E-state index in [-0.39, 0.29) is 6.15 Å². The van der Waals surface area contributed by atoms with Crippen LogP contribution in [0.5, 0.6) is 5.75 Å². The molecule has 3 heteroatoms. The summed E-state index contributed by atoms with van der Waals surface area (Å²) in [6.07, 6.45) is 2.78. The molecule has 0 bridgehead atoms. The van der Waals surface area contributed by atoms with Crippen molar-refractivity contribution in [3.8, 4) is 11.8 Å². The molecule has 0 unspecified atom stereocenters. The molecule has 0 heterocycles. The summed E-state index contributed by atoms with van der Waals surface area (Å²) in [7, 11) is 0. The number of phenolic OH excluding ortho intramolecular Hbond substituents is 1. The third-order valence-corrected chi connectivity index (χ3v) is 4.87. The summed E-state index contributed by atoms with van der Waals surface area (Å²) in [5.74, 6) is 0.304. The highest BCUT2D eigenvalue weighted by molar-refractivity contribution is 5.33. The van der Waals surface area contributed by atoms with E-state index in [1.165, 1.54) is 11.1 Å². The van der Waals surface area contributed by atoms with Crippen molar-refractivity contribution in [2.75, 3.05) is 0 Å². The summed E-state index contributed by atoms with van der Waals surface area (Å²) < 4.78 is 0. The fourth-order valence-corrected chi connectivity index (χ4v) is 3.44. The van der Waals surface area contributed by atoms with Gasteiger partial charge in [0.25, 0.3) is 0 Å². The molecule has 3 aromatic carbocycles. The first-order valence-electron chi connectivity index (χ1n) is 8.97. The number of hydrogen-bond acceptors (Lipinski definition) is 3. The van der Waals surface area contributed by atoms with Crippen molar-refractivity contribution in [1.82, 2.24) is 6.15 Å². The Morgan fingerprint density at radius 1 is 0.741 bits per heavy atom. The van der Waals surface area contributed by atoms with Crippen LogP contribution in [-0.4, -0.2) is 5.11 Å². The zero-order chi connectivity index (χ0) is 18.2. The van der Waals surface area contributed by atoms with Crippen LogP contribution in [0.4, 0.5) is 0 Å². The number of nitrogens with zero attached hydrogens (tertiary/aromatic N) is 1. The topological polar surface area (TPSA) is 79.0 Å². The van der Waals surface area contributed by atoms with Gasteiger partial charge in [-0.1, -0.05) is 78.9 Å². The second kappa shape index (κ2) is 9.56. The predicted molar refractivity (Wildman–Crippen MR) is 110 cm³/mol. The summed E-state index contributed by atoms with van der Waals surface area (Å²) in [5.41, 5.74) is 2.73. The number of aromatic hydroxyl groups is 1. The van der Waals surface area contributed by atoms with Gasteiger partial charge in [0.05, 0.1) is 11.5 Å². The average molecular weight is 358 g/mol. The van der Waals surface area contributed by atoms with Crippen LogP contribution in [0.25, 0.3) is 0 Å². The van der Waals surface area contributed by atoms with Crippen molar-refractivity contribution < 1.29 is 5.11 Å². The first-order valence-corrected chi connectivity index (χ1v) is 8.97. The van der Waals surface area contributed by atoms with Crippen molar-refractivity contribution >= 4 is 0 Å². The number of benzene rings is 3. The molecule has 0 saturated heterocycles. The fourth-order valence-electron chi connectivity index (χ4n) is 3.44. The first-order chi connectivity index (χ1) is 12.7. The third-order valence-electron chi connectivity index (χ3n) is 4.87. The molecule has 4 N–H and O–H groups in total. The number of rotatable bonds is 7. The summed E-state index contributed by atoms with van der Waals surface area (Å²) in [4.78, 5) is 0. The van der Waals surface area contributed by atoms with E-state index in [1.54, 1.807) is 6.07 Å². The van der Waals surface area contributed by atoms with Crippen LogP contribution < -0.4 is 6.15 Å². The minimum absolute atomic E-state index is 0. The van der Waals surface area contributed by atoms with E-state index < -0.39 is 5.41 Å². The summed E-state index contributed by atoms with van der Waals surface area (Å²) in [6, 6.07) is 30.4. The molecule has 0 aliphatic rings. The van der Waals surface area contributed by atoms with Crippen LogP contribution in [0.3, 0.4) is 0 Å². The van der Waals surface area contributed by atoms with Gasteiger partial charge in [-0.25, -0.2) is 0 Å². The SMILES string of the molecule is N.N#CC(CCc1ccccc1O)(Cc1ccccc1)Cc1ccccc1. The molecule has 3 aromatic rings. The number of phenols is 1. The summed E-state index contributed by atoms with van der Waals surface area (Å²) in [5, 5.41) is 20.2. The molecule has 0 aliphatic carbocycles. The number of para-hydroxylation sites is 1. The lowest BCUT2D eigenvalue weighted by molar-refractivity contribution is 0.354. The van der Waals surface area contributed by atoms with Crippen LogP contribution in [-0.2, 0) is 19.3 Å². The van der Waals surface area contributed by atoms with Crippen LogP contribution in [0.2, 0.25) is 0 Å². The van der Waals surface area contributed by atoms with Crippen LogP contribution >= 0.6 is 0 Å². The van der Waals surface area contributed by atoms with Gasteiger partial charge in [-0.15, -0.1) is 0 Å². The maximum absolute atomic E-state index is 10.1. The minimum atomic E-state index is -0.509. The Morgan fingerprint density at radius 3 is 1.70 bits per heavy atom. The van der Waals surface area contributed by atoms with Gasteiger partial charge in [-0.3, -0.25) is 0 Å². The molecule has 0 aliphatic heterocycles. The van der Waals surface area contributed by atoms with Crippen molar-refractivity contribution in [3.63, 3.8) is 0 Å². The quantitative estimate of drug-likeness (QED) is 0.587. The lowest BCUT2D eigenvalue weighted by Gasteiger charge is -2.27. The smallest absolute Gasteiger partial charge is 0.118 e. The van der Waals surface area contributed by atoms with Crippen molar-refractivity contribution in [1.29, 1.82) is 5.26 Å². The molecule has 138 valence electrons. The molecule has 3 nitrogen and oxygen atoms in total. The lowest BCUT2D eigenvalue weighted by atomic mass is 9.74. The van der Waals surface area contributed by atoms with E-state index in [4.69, 9.17) is 0 Å². The minimum Gasteiger partial charge on any atom is -0.508 e. The van der Waals surface area contributed by atoms with E-state index >= 15 is 0 Å². The molecule has 0 aromatic heterocycles. The van der Waals surface area contributed by atoms with Crippen LogP contribution in [0.15, 0.2) is 84.9 Å². The van der Waals surface area contributed by atoms with Gasteiger partial charge in [0, 0.05) is 0 Å². The van der Waals surface area contributed by atoms with E-state index in [1.807, 2.05) is 54.6 Å². The molecule has 0 spiro atoms. The molecule has 0 fully saturated rings. The average Bonchev–Trinajstić information content (AvgIpc) is 2.69. The predicted octanol–water partition coefficient (Wildman–Crippen LogP) is 5.48. The zero-order valence-corrected chi connectivity index (χ0v) is 15.5. The second-order valence-electron chi connectivity index (χ2n) is 6.85. The van der Waals surface area contributed by atoms with E-state index in [0.717, 1.165) is 5.56 Å². The second-order valence-corrected chi connectivity index (χ2v) is 6.85. The number of nitriles is 1. The van der Waals surface area contributed by atoms with Gasteiger partial charge < -0.3 is 11.3 Å². The third kappa shape index (κ3) is 5.44. The van der Waals surface area contributed by atoms with Gasteiger partial charge in [-0.2, -0.15) is 5.26 Å². The maximum Gasteiger partial charge on any atom is 0.118 e. The molecular weight excluding hydrogens is 332 g/mol. The Morgan fingerprint density at radius 2 is 1.22 bits per heavy atom. The van der Waals surface area contributed by atoms with E-state index in [9.17, 15) is 10.4 Å². The van der Waals surface area contributed by atoms with Gasteiger partial charge in [0.2, 0.25) is 0 Å². The summed E-state index contributed by atoms with van der Waals surface area (Å²) >= 11 is 0. The van der Waals surface area contributed by atoms with E-state index in [2.05, 4.69) is 30.3 Å². The first kappa shape index (κ1) is 20.2. The highest BCUT2D eigenvalue weighted by atomic mass is 16.3. The van der Waals surface area contributed by atoms with Gasteiger partial charge >= 0.3 is 0 Å². The van der Waals surface area contributed by atoms with Crippen molar-refractivity contribution in [2.45, 2.75) is 25.7 Å². The van der Waals surface area contributed by atoms with Gasteiger partial charge in [-0.05, 0) is 48.4 Å². The summed E-state index contributed by atoms with van der Waals surface area (Å²) in [6.45, 7) is 0. The molecule has 0 amide bonds. The Labute approximate surface area is 161 Å².